The van der Waals surface area contributed by atoms with Gasteiger partial charge in [-0.25, -0.2) is 10.1 Å². The Kier molecular flexibility index (Phi) is 5.08. The normalized spacial score (nSPS) is 11.4. The van der Waals surface area contributed by atoms with Crippen molar-refractivity contribution in [2.45, 2.75) is 0 Å². The minimum absolute atomic E-state index is 0.415. The van der Waals surface area contributed by atoms with Gasteiger partial charge in [-0.3, -0.25) is 0 Å². The molecular formula is C10H13N5O4. The van der Waals surface area contributed by atoms with Gasteiger partial charge in [0.05, 0.1) is 20.4 Å². The van der Waals surface area contributed by atoms with Gasteiger partial charge >= 0.3 is 0 Å². The van der Waals surface area contributed by atoms with Crippen molar-refractivity contribution in [2.24, 2.45) is 15.9 Å². The molecule has 0 aliphatic heterocycles. The Bertz CT molecular complexity index is 515. The lowest BCUT2D eigenvalue weighted by molar-refractivity contribution is -0.525. The lowest BCUT2D eigenvalue weighted by Gasteiger charge is -2.07. The zero-order valence-corrected chi connectivity index (χ0v) is 10.4. The summed E-state index contributed by atoms with van der Waals surface area (Å²) >= 11 is 0. The topological polar surface area (TPSA) is 124 Å². The standard InChI is InChI=1S/C10H13N5O4/c1-18-8-4-3-7(5-9(8)19-2)6-12-13-10(11)14-15(16)17/h3-6H,1-2H3,(H3,11,13,14). The molecular weight excluding hydrogens is 254 g/mol. The highest BCUT2D eigenvalue weighted by Crippen LogP contribution is 2.26. The molecule has 0 aliphatic carbocycles. The molecule has 3 N–H and O–H groups in total. The average Bonchev–Trinajstić information content (AvgIpc) is 2.37. The molecule has 19 heavy (non-hydrogen) atoms. The van der Waals surface area contributed by atoms with E-state index in [-0.39, 0.29) is 0 Å². The van der Waals surface area contributed by atoms with Gasteiger partial charge in [-0.15, -0.1) is 5.10 Å². The molecule has 0 aromatic heterocycles. The Hall–Kier alpha value is -2.84. The lowest BCUT2D eigenvalue weighted by atomic mass is 10.2. The number of nitrogens with zero attached hydrogens (tertiary/aromatic N) is 3. The second kappa shape index (κ2) is 6.79. The number of hydrazine groups is 1. The monoisotopic (exact) mass is 267 g/mol. The van der Waals surface area contributed by atoms with Crippen LogP contribution in [0.2, 0.25) is 0 Å². The SMILES string of the molecule is COc1ccc(C=NN=C(N)N[N+](=O)[O-])cc1OC. The maximum absolute atomic E-state index is 10.0. The highest BCUT2D eigenvalue weighted by atomic mass is 16.7. The van der Waals surface area contributed by atoms with Crippen molar-refractivity contribution in [1.29, 1.82) is 0 Å². The quantitative estimate of drug-likeness (QED) is 0.338. The van der Waals surface area contributed by atoms with Gasteiger partial charge in [0.1, 0.15) is 0 Å². The number of rotatable bonds is 5. The van der Waals surface area contributed by atoms with E-state index in [9.17, 15) is 10.1 Å². The first-order chi connectivity index (χ1) is 9.06. The summed E-state index contributed by atoms with van der Waals surface area (Å²) in [6, 6.07) is 5.09. The van der Waals surface area contributed by atoms with Crippen LogP contribution in [0.3, 0.4) is 0 Å². The van der Waals surface area contributed by atoms with Crippen molar-refractivity contribution in [2.75, 3.05) is 14.2 Å². The van der Waals surface area contributed by atoms with Gasteiger partial charge < -0.3 is 15.2 Å². The Morgan fingerprint density at radius 2 is 2.11 bits per heavy atom. The second-order valence-corrected chi connectivity index (χ2v) is 3.21. The van der Waals surface area contributed by atoms with Crippen LogP contribution in [0.5, 0.6) is 11.5 Å². The van der Waals surface area contributed by atoms with Crippen molar-refractivity contribution in [3.05, 3.63) is 33.9 Å². The summed E-state index contributed by atoms with van der Waals surface area (Å²) in [7, 11) is 3.04. The van der Waals surface area contributed by atoms with E-state index >= 15 is 0 Å². The third-order valence-electron chi connectivity index (χ3n) is 1.99. The number of guanidine groups is 1. The Morgan fingerprint density at radius 1 is 1.42 bits per heavy atom. The number of methoxy groups -OCH3 is 2. The average molecular weight is 267 g/mol. The molecule has 0 spiro atoms. The fourth-order valence-corrected chi connectivity index (χ4v) is 1.21. The zero-order chi connectivity index (χ0) is 14.3. The zero-order valence-electron chi connectivity index (χ0n) is 10.4. The van der Waals surface area contributed by atoms with E-state index in [1.807, 2.05) is 0 Å². The third kappa shape index (κ3) is 4.50. The van der Waals surface area contributed by atoms with Crippen LogP contribution in [0, 0.1) is 10.1 Å². The molecule has 0 amide bonds. The van der Waals surface area contributed by atoms with E-state index in [0.717, 1.165) is 0 Å². The molecule has 0 fully saturated rings. The van der Waals surface area contributed by atoms with E-state index in [4.69, 9.17) is 15.2 Å². The first-order valence-electron chi connectivity index (χ1n) is 5.06. The highest BCUT2D eigenvalue weighted by molar-refractivity contribution is 5.82. The summed E-state index contributed by atoms with van der Waals surface area (Å²) in [5.41, 5.74) is 7.52. The first kappa shape index (κ1) is 14.2. The third-order valence-corrected chi connectivity index (χ3v) is 1.99. The summed E-state index contributed by atoms with van der Waals surface area (Å²) in [4.78, 5) is 10.0. The molecule has 0 saturated carbocycles. The van der Waals surface area contributed by atoms with Crippen LogP contribution in [0.15, 0.2) is 28.4 Å². The molecule has 0 saturated heterocycles. The van der Waals surface area contributed by atoms with Crippen LogP contribution >= 0.6 is 0 Å². The minimum Gasteiger partial charge on any atom is -0.493 e. The molecule has 9 nitrogen and oxygen atoms in total. The second-order valence-electron chi connectivity index (χ2n) is 3.21. The Balaban J connectivity index is 2.79. The molecule has 0 unspecified atom stereocenters. The molecule has 0 atom stereocenters. The summed E-state index contributed by atoms with van der Waals surface area (Å²) in [6.07, 6.45) is 1.37. The Labute approximate surface area is 108 Å². The number of ether oxygens (including phenoxy) is 2. The maximum Gasteiger partial charge on any atom is 0.275 e. The number of nitrogens with two attached hydrogens (primary N) is 1. The summed E-state index contributed by atoms with van der Waals surface area (Å²) in [5, 5.41) is 16.2. The molecule has 1 rings (SSSR count). The Morgan fingerprint density at radius 3 is 2.68 bits per heavy atom. The van der Waals surface area contributed by atoms with Gasteiger partial charge in [0, 0.05) is 0 Å². The van der Waals surface area contributed by atoms with E-state index in [0.29, 0.717) is 17.1 Å². The van der Waals surface area contributed by atoms with Gasteiger partial charge in [0.2, 0.25) is 0 Å². The van der Waals surface area contributed by atoms with E-state index in [1.54, 1.807) is 23.6 Å². The molecule has 0 radical (unpaired) electrons. The molecule has 102 valence electrons. The van der Waals surface area contributed by atoms with Gasteiger partial charge in [-0.05, 0) is 23.8 Å². The minimum atomic E-state index is -0.829. The van der Waals surface area contributed by atoms with Crippen LogP contribution in [0.1, 0.15) is 5.56 Å². The van der Waals surface area contributed by atoms with Crippen molar-refractivity contribution in [1.82, 2.24) is 5.43 Å². The number of nitrogens with one attached hydrogen (secondary N) is 1. The predicted octanol–water partition coefficient (Wildman–Crippen LogP) is 0.134. The molecule has 0 bridgehead atoms. The smallest absolute Gasteiger partial charge is 0.275 e. The van der Waals surface area contributed by atoms with Crippen molar-refractivity contribution >= 4 is 12.2 Å². The molecule has 1 aromatic rings. The number of benzene rings is 1. The van der Waals surface area contributed by atoms with Gasteiger partial charge in [0.25, 0.3) is 5.96 Å². The fourth-order valence-electron chi connectivity index (χ4n) is 1.21. The van der Waals surface area contributed by atoms with Gasteiger partial charge in [-0.2, -0.15) is 5.10 Å². The van der Waals surface area contributed by atoms with Crippen LogP contribution in [-0.4, -0.2) is 31.4 Å². The van der Waals surface area contributed by atoms with Crippen LogP contribution in [0.4, 0.5) is 0 Å². The summed E-state index contributed by atoms with van der Waals surface area (Å²) in [5.74, 6) is 0.700. The summed E-state index contributed by atoms with van der Waals surface area (Å²) in [6.45, 7) is 0. The lowest BCUT2D eigenvalue weighted by Crippen LogP contribution is -2.35. The van der Waals surface area contributed by atoms with Crippen molar-refractivity contribution in [3.8, 4) is 11.5 Å². The van der Waals surface area contributed by atoms with Crippen molar-refractivity contribution < 1.29 is 14.5 Å². The molecule has 9 heteroatoms. The number of nitro groups is 1. The van der Waals surface area contributed by atoms with Gasteiger partial charge in [0.15, 0.2) is 16.5 Å². The predicted molar refractivity (Wildman–Crippen MR) is 68.9 cm³/mol. The highest BCUT2D eigenvalue weighted by Gasteiger charge is 2.03. The largest absolute Gasteiger partial charge is 0.493 e. The number of hydrogen-bond acceptors (Lipinski definition) is 6. The van der Waals surface area contributed by atoms with E-state index in [1.165, 1.54) is 20.4 Å². The number of hydrogen-bond donors (Lipinski definition) is 2. The van der Waals surface area contributed by atoms with Crippen LogP contribution in [-0.2, 0) is 0 Å². The maximum atomic E-state index is 10.0. The molecule has 0 aliphatic rings. The molecule has 0 heterocycles. The molecule has 1 aromatic carbocycles. The van der Waals surface area contributed by atoms with E-state index in [2.05, 4.69) is 10.2 Å². The summed E-state index contributed by atoms with van der Waals surface area (Å²) < 4.78 is 10.2. The van der Waals surface area contributed by atoms with Crippen LogP contribution in [0.25, 0.3) is 0 Å². The van der Waals surface area contributed by atoms with E-state index < -0.39 is 11.0 Å². The van der Waals surface area contributed by atoms with Crippen LogP contribution < -0.4 is 20.6 Å². The fraction of sp³-hybridized carbons (Fsp3) is 0.200. The first-order valence-corrected chi connectivity index (χ1v) is 5.06. The van der Waals surface area contributed by atoms with Crippen molar-refractivity contribution in [3.63, 3.8) is 0 Å². The van der Waals surface area contributed by atoms with Gasteiger partial charge in [-0.1, -0.05) is 5.43 Å².